The normalized spacial score (nSPS) is 21.1. The molecule has 0 radical (unpaired) electrons. The highest BCUT2D eigenvalue weighted by molar-refractivity contribution is 5.98. The number of hydrazine groups is 1. The Hall–Kier alpha value is -1.62. The number of carbonyl (C=O) groups excluding carboxylic acids is 1. The third kappa shape index (κ3) is 2.56. The maximum absolute atomic E-state index is 11.7. The summed E-state index contributed by atoms with van der Waals surface area (Å²) >= 11 is 0. The molecule has 102 valence electrons. The molecule has 0 bridgehead atoms. The Bertz CT molecular complexity index is 474. The summed E-state index contributed by atoms with van der Waals surface area (Å²) in [6.45, 7) is 0. The van der Waals surface area contributed by atoms with Crippen LogP contribution < -0.4 is 16.6 Å². The smallest absolute Gasteiger partial charge is 0.268 e. The number of amides is 1. The Labute approximate surface area is 112 Å². The average Bonchev–Trinajstić information content (AvgIpc) is 3.21. The number of rotatable bonds is 3. The van der Waals surface area contributed by atoms with Gasteiger partial charge >= 0.3 is 0 Å². The molecule has 2 saturated carbocycles. The van der Waals surface area contributed by atoms with Crippen LogP contribution in [0.1, 0.15) is 48.9 Å². The fourth-order valence-electron chi connectivity index (χ4n) is 3.03. The lowest BCUT2D eigenvalue weighted by molar-refractivity contribution is 0.0954. The molecule has 1 aromatic rings. The SMILES string of the molecule is NNC(=O)c1cccnc1NC1CCC2(CC1)CC2. The molecule has 2 aliphatic rings. The van der Waals surface area contributed by atoms with Crippen LogP contribution in [0.5, 0.6) is 0 Å². The van der Waals surface area contributed by atoms with Crippen LogP contribution in [0.3, 0.4) is 0 Å². The third-order valence-corrected chi connectivity index (χ3v) is 4.53. The summed E-state index contributed by atoms with van der Waals surface area (Å²) in [4.78, 5) is 15.9. The van der Waals surface area contributed by atoms with E-state index in [0.717, 1.165) is 0 Å². The molecule has 5 nitrogen and oxygen atoms in total. The molecule has 0 aromatic carbocycles. The third-order valence-electron chi connectivity index (χ3n) is 4.53. The van der Waals surface area contributed by atoms with Crippen molar-refractivity contribution < 1.29 is 4.79 Å². The molecule has 0 atom stereocenters. The largest absolute Gasteiger partial charge is 0.367 e. The van der Waals surface area contributed by atoms with Gasteiger partial charge in [-0.1, -0.05) is 0 Å². The van der Waals surface area contributed by atoms with E-state index in [1.54, 1.807) is 18.3 Å². The zero-order chi connectivity index (χ0) is 13.3. The Balaban J connectivity index is 1.67. The van der Waals surface area contributed by atoms with Crippen LogP contribution in [0.15, 0.2) is 18.3 Å². The predicted octanol–water partition coefficient (Wildman–Crippen LogP) is 1.82. The van der Waals surface area contributed by atoms with E-state index < -0.39 is 0 Å². The molecule has 1 aromatic heterocycles. The first-order valence-electron chi connectivity index (χ1n) is 6.95. The van der Waals surface area contributed by atoms with Crippen molar-refractivity contribution >= 4 is 11.7 Å². The minimum Gasteiger partial charge on any atom is -0.367 e. The van der Waals surface area contributed by atoms with E-state index in [9.17, 15) is 4.79 Å². The van der Waals surface area contributed by atoms with Gasteiger partial charge in [0.05, 0.1) is 5.56 Å². The average molecular weight is 260 g/mol. The fourth-order valence-corrected chi connectivity index (χ4v) is 3.03. The lowest BCUT2D eigenvalue weighted by Gasteiger charge is -2.29. The van der Waals surface area contributed by atoms with Crippen molar-refractivity contribution in [3.05, 3.63) is 23.9 Å². The predicted molar refractivity (Wildman–Crippen MR) is 73.4 cm³/mol. The number of hydrogen-bond acceptors (Lipinski definition) is 4. The van der Waals surface area contributed by atoms with Crippen LogP contribution in [-0.2, 0) is 0 Å². The van der Waals surface area contributed by atoms with E-state index in [0.29, 0.717) is 22.8 Å². The molecule has 1 heterocycles. The summed E-state index contributed by atoms with van der Waals surface area (Å²) in [7, 11) is 0. The van der Waals surface area contributed by atoms with E-state index in [1.165, 1.54) is 38.5 Å². The molecule has 0 unspecified atom stereocenters. The van der Waals surface area contributed by atoms with Crippen molar-refractivity contribution in [2.75, 3.05) is 5.32 Å². The summed E-state index contributed by atoms with van der Waals surface area (Å²) in [5.41, 5.74) is 3.35. The Morgan fingerprint density at radius 3 is 2.68 bits per heavy atom. The van der Waals surface area contributed by atoms with Gasteiger partial charge in [-0.15, -0.1) is 0 Å². The number of pyridine rings is 1. The summed E-state index contributed by atoms with van der Waals surface area (Å²) < 4.78 is 0. The highest BCUT2D eigenvalue weighted by Crippen LogP contribution is 2.56. The number of nitrogens with one attached hydrogen (secondary N) is 2. The number of carbonyl (C=O) groups is 1. The van der Waals surface area contributed by atoms with Gasteiger partial charge in [0.1, 0.15) is 5.82 Å². The van der Waals surface area contributed by atoms with Crippen molar-refractivity contribution in [2.45, 2.75) is 44.6 Å². The van der Waals surface area contributed by atoms with Gasteiger partial charge in [0.15, 0.2) is 0 Å². The van der Waals surface area contributed by atoms with E-state index in [-0.39, 0.29) is 5.91 Å². The van der Waals surface area contributed by atoms with Crippen LogP contribution in [0, 0.1) is 5.41 Å². The number of hydrogen-bond donors (Lipinski definition) is 3. The summed E-state index contributed by atoms with van der Waals surface area (Å²) in [5.74, 6) is 5.53. The van der Waals surface area contributed by atoms with Gasteiger partial charge in [-0.3, -0.25) is 10.2 Å². The van der Waals surface area contributed by atoms with E-state index in [1.807, 2.05) is 0 Å². The van der Waals surface area contributed by atoms with Gasteiger partial charge in [0.2, 0.25) is 0 Å². The molecule has 1 amide bonds. The number of aromatic nitrogens is 1. The zero-order valence-corrected chi connectivity index (χ0v) is 11.0. The van der Waals surface area contributed by atoms with Gasteiger partial charge in [-0.25, -0.2) is 10.8 Å². The van der Waals surface area contributed by atoms with Gasteiger partial charge in [-0.2, -0.15) is 0 Å². The highest BCUT2D eigenvalue weighted by Gasteiger charge is 2.44. The number of nitrogens with two attached hydrogens (primary N) is 1. The molecule has 0 saturated heterocycles. The zero-order valence-electron chi connectivity index (χ0n) is 11.0. The summed E-state index contributed by atoms with van der Waals surface area (Å²) in [5, 5.41) is 3.40. The second kappa shape index (κ2) is 4.81. The molecule has 0 aliphatic heterocycles. The fraction of sp³-hybridized carbons (Fsp3) is 0.571. The summed E-state index contributed by atoms with van der Waals surface area (Å²) in [6.07, 6.45) is 9.45. The van der Waals surface area contributed by atoms with E-state index >= 15 is 0 Å². The minimum atomic E-state index is -0.301. The van der Waals surface area contributed by atoms with Crippen LogP contribution >= 0.6 is 0 Å². The van der Waals surface area contributed by atoms with Gasteiger partial charge < -0.3 is 5.32 Å². The molecule has 2 aliphatic carbocycles. The number of nitrogens with zero attached hydrogens (tertiary/aromatic N) is 1. The maximum atomic E-state index is 11.7. The van der Waals surface area contributed by atoms with Crippen LogP contribution in [0.2, 0.25) is 0 Å². The monoisotopic (exact) mass is 260 g/mol. The first-order valence-corrected chi connectivity index (χ1v) is 6.95. The van der Waals surface area contributed by atoms with Gasteiger partial charge in [-0.05, 0) is 56.1 Å². The first kappa shape index (κ1) is 12.4. The number of nitrogen functional groups attached to an aromatic ring is 1. The Morgan fingerprint density at radius 1 is 1.32 bits per heavy atom. The molecule has 19 heavy (non-hydrogen) atoms. The topological polar surface area (TPSA) is 80.0 Å². The maximum Gasteiger partial charge on any atom is 0.268 e. The lowest BCUT2D eigenvalue weighted by Crippen LogP contribution is -2.32. The number of anilines is 1. The second-order valence-electron chi connectivity index (χ2n) is 5.79. The molecule has 1 spiro atoms. The molecule has 3 rings (SSSR count). The Kier molecular flexibility index (Phi) is 3.14. The minimum absolute atomic E-state index is 0.301. The first-order chi connectivity index (χ1) is 9.22. The van der Waals surface area contributed by atoms with Crippen molar-refractivity contribution in [3.8, 4) is 0 Å². The Morgan fingerprint density at radius 2 is 2.05 bits per heavy atom. The van der Waals surface area contributed by atoms with Gasteiger partial charge in [0, 0.05) is 12.2 Å². The molecule has 2 fully saturated rings. The van der Waals surface area contributed by atoms with Crippen molar-refractivity contribution in [1.82, 2.24) is 10.4 Å². The van der Waals surface area contributed by atoms with Crippen LogP contribution in [0.25, 0.3) is 0 Å². The molecule has 5 heteroatoms. The van der Waals surface area contributed by atoms with Crippen molar-refractivity contribution in [3.63, 3.8) is 0 Å². The van der Waals surface area contributed by atoms with Crippen molar-refractivity contribution in [1.29, 1.82) is 0 Å². The highest BCUT2D eigenvalue weighted by atomic mass is 16.2. The van der Waals surface area contributed by atoms with Gasteiger partial charge in [0.25, 0.3) is 5.91 Å². The molecular weight excluding hydrogens is 240 g/mol. The quantitative estimate of drug-likeness (QED) is 0.440. The molecular formula is C14H20N4O. The van der Waals surface area contributed by atoms with Crippen LogP contribution in [0.4, 0.5) is 5.82 Å². The van der Waals surface area contributed by atoms with Crippen molar-refractivity contribution in [2.24, 2.45) is 11.3 Å². The van der Waals surface area contributed by atoms with E-state index in [4.69, 9.17) is 5.84 Å². The summed E-state index contributed by atoms with van der Waals surface area (Å²) in [6, 6.07) is 3.91. The second-order valence-corrected chi connectivity index (χ2v) is 5.79. The standard InChI is InChI=1S/C14H20N4O/c15-18-13(19)11-2-1-9-16-12(11)17-10-3-5-14(6-4-10)7-8-14/h1-2,9-10H,3-8,15H2,(H,16,17)(H,18,19). The lowest BCUT2D eigenvalue weighted by atomic mass is 9.83. The molecule has 4 N–H and O–H groups in total. The van der Waals surface area contributed by atoms with Crippen LogP contribution in [-0.4, -0.2) is 16.9 Å². The van der Waals surface area contributed by atoms with E-state index in [2.05, 4.69) is 15.7 Å².